The van der Waals surface area contributed by atoms with Gasteiger partial charge in [0.2, 0.25) is 0 Å². The molecule has 0 saturated heterocycles. The first-order chi connectivity index (χ1) is 9.02. The first-order valence-electron chi connectivity index (χ1n) is 5.09. The van der Waals surface area contributed by atoms with E-state index >= 15 is 0 Å². The second-order valence-electron chi connectivity index (χ2n) is 3.57. The summed E-state index contributed by atoms with van der Waals surface area (Å²) in [5, 5.41) is 0.611. The van der Waals surface area contributed by atoms with Gasteiger partial charge < -0.3 is 4.74 Å². The van der Waals surface area contributed by atoms with Crippen molar-refractivity contribution >= 4 is 45.4 Å². The van der Waals surface area contributed by atoms with E-state index in [-0.39, 0.29) is 22.1 Å². The van der Waals surface area contributed by atoms with Gasteiger partial charge in [0, 0.05) is 10.5 Å². The number of carbonyl (C=O) groups excluding carboxylic acids is 1. The van der Waals surface area contributed by atoms with E-state index in [1.807, 2.05) is 0 Å². The molecule has 0 heterocycles. The van der Waals surface area contributed by atoms with Gasteiger partial charge in [-0.2, -0.15) is 0 Å². The van der Waals surface area contributed by atoms with Crippen molar-refractivity contribution in [2.24, 2.45) is 0 Å². The fraction of sp³-hybridized carbons (Fsp3) is 0. The summed E-state index contributed by atoms with van der Waals surface area (Å²) in [5.41, 5.74) is 0.0927. The van der Waals surface area contributed by atoms with Crippen LogP contribution in [0.5, 0.6) is 11.5 Å². The van der Waals surface area contributed by atoms with Gasteiger partial charge in [0.1, 0.15) is 5.75 Å². The minimum atomic E-state index is -0.653. The molecule has 0 N–H and O–H groups in total. The summed E-state index contributed by atoms with van der Waals surface area (Å²) in [6.07, 6.45) is 0.507. The lowest BCUT2D eigenvalue weighted by Crippen LogP contribution is -1.94. The molecule has 0 saturated carbocycles. The smallest absolute Gasteiger partial charge is 0.173 e. The third-order valence-electron chi connectivity index (χ3n) is 2.31. The molecule has 19 heavy (non-hydrogen) atoms. The predicted molar refractivity (Wildman–Crippen MR) is 76.0 cm³/mol. The van der Waals surface area contributed by atoms with Crippen LogP contribution in [0.3, 0.4) is 0 Å². The molecule has 6 heteroatoms. The lowest BCUT2D eigenvalue weighted by molar-refractivity contribution is 0.112. The Hall–Kier alpha value is -1.10. The van der Waals surface area contributed by atoms with Crippen molar-refractivity contribution in [3.8, 4) is 11.5 Å². The molecule has 0 aliphatic carbocycles. The molecule has 0 atom stereocenters. The monoisotopic (exact) mass is 362 g/mol. The standard InChI is InChI=1S/C13H6BrCl2FO2/c14-8-4-10(16)12(5-9(8)15)19-13-7(6-18)2-1-3-11(13)17/h1-6H. The number of benzene rings is 2. The Morgan fingerprint density at radius 2 is 1.95 bits per heavy atom. The molecule has 2 aromatic carbocycles. The maximum absolute atomic E-state index is 13.7. The number of rotatable bonds is 3. The van der Waals surface area contributed by atoms with E-state index in [1.54, 1.807) is 0 Å². The molecule has 0 fully saturated rings. The molecule has 0 bridgehead atoms. The molecule has 0 spiro atoms. The lowest BCUT2D eigenvalue weighted by Gasteiger charge is -2.11. The van der Waals surface area contributed by atoms with Gasteiger partial charge in [0.15, 0.2) is 17.9 Å². The third kappa shape index (κ3) is 3.08. The number of carbonyl (C=O) groups is 1. The van der Waals surface area contributed by atoms with Crippen LogP contribution in [0.4, 0.5) is 4.39 Å². The summed E-state index contributed by atoms with van der Waals surface area (Å²) >= 11 is 15.1. The maximum Gasteiger partial charge on any atom is 0.173 e. The van der Waals surface area contributed by atoms with Crippen molar-refractivity contribution in [3.63, 3.8) is 0 Å². The van der Waals surface area contributed by atoms with Crippen LogP contribution >= 0.6 is 39.1 Å². The summed E-state index contributed by atoms with van der Waals surface area (Å²) in [5.74, 6) is -0.666. The Morgan fingerprint density at radius 1 is 1.21 bits per heavy atom. The van der Waals surface area contributed by atoms with Crippen LogP contribution < -0.4 is 4.74 Å². The summed E-state index contributed by atoms with van der Waals surface area (Å²) in [7, 11) is 0. The van der Waals surface area contributed by atoms with E-state index in [1.165, 1.54) is 30.3 Å². The van der Waals surface area contributed by atoms with Crippen LogP contribution in [-0.4, -0.2) is 6.29 Å². The van der Waals surface area contributed by atoms with Crippen molar-refractivity contribution in [1.82, 2.24) is 0 Å². The zero-order valence-electron chi connectivity index (χ0n) is 9.29. The van der Waals surface area contributed by atoms with Gasteiger partial charge in [0.05, 0.1) is 15.6 Å². The van der Waals surface area contributed by atoms with Crippen molar-refractivity contribution in [3.05, 3.63) is 56.2 Å². The zero-order valence-corrected chi connectivity index (χ0v) is 12.4. The van der Waals surface area contributed by atoms with Gasteiger partial charge in [-0.3, -0.25) is 4.79 Å². The number of hydrogen-bond acceptors (Lipinski definition) is 2. The summed E-state index contributed by atoms with van der Waals surface area (Å²) in [4.78, 5) is 10.9. The van der Waals surface area contributed by atoms with Gasteiger partial charge in [0.25, 0.3) is 0 Å². The quantitative estimate of drug-likeness (QED) is 0.531. The molecule has 0 aliphatic heterocycles. The topological polar surface area (TPSA) is 26.3 Å². The van der Waals surface area contributed by atoms with E-state index in [4.69, 9.17) is 27.9 Å². The molecule has 0 aliphatic rings. The molecule has 0 aromatic heterocycles. The highest BCUT2D eigenvalue weighted by atomic mass is 79.9. The van der Waals surface area contributed by atoms with E-state index in [9.17, 15) is 9.18 Å². The highest BCUT2D eigenvalue weighted by Gasteiger charge is 2.14. The molecule has 0 radical (unpaired) electrons. The van der Waals surface area contributed by atoms with E-state index < -0.39 is 5.82 Å². The van der Waals surface area contributed by atoms with Crippen molar-refractivity contribution in [2.75, 3.05) is 0 Å². The fourth-order valence-corrected chi connectivity index (χ4v) is 2.25. The SMILES string of the molecule is O=Cc1cccc(F)c1Oc1cc(Cl)c(Br)cc1Cl. The molecule has 0 unspecified atom stereocenters. The first-order valence-corrected chi connectivity index (χ1v) is 6.64. The molecule has 2 aromatic rings. The van der Waals surface area contributed by atoms with Crippen LogP contribution in [0.2, 0.25) is 10.0 Å². The average Bonchev–Trinajstić information content (AvgIpc) is 2.38. The van der Waals surface area contributed by atoms with Gasteiger partial charge in [-0.1, -0.05) is 29.3 Å². The maximum atomic E-state index is 13.7. The third-order valence-corrected chi connectivity index (χ3v) is 3.80. The lowest BCUT2D eigenvalue weighted by atomic mass is 10.2. The molecular formula is C13H6BrCl2FO2. The van der Waals surface area contributed by atoms with Crippen molar-refractivity contribution in [1.29, 1.82) is 0 Å². The normalized spacial score (nSPS) is 10.3. The highest BCUT2D eigenvalue weighted by molar-refractivity contribution is 9.10. The Kier molecular flexibility index (Phi) is 4.45. The Morgan fingerprint density at radius 3 is 2.63 bits per heavy atom. The van der Waals surface area contributed by atoms with Crippen LogP contribution in [0.1, 0.15) is 10.4 Å². The van der Waals surface area contributed by atoms with E-state index in [0.29, 0.717) is 15.8 Å². The van der Waals surface area contributed by atoms with E-state index in [0.717, 1.165) is 0 Å². The van der Waals surface area contributed by atoms with Crippen LogP contribution in [0.15, 0.2) is 34.8 Å². The Balaban J connectivity index is 2.47. The minimum Gasteiger partial charge on any atom is -0.452 e. The van der Waals surface area contributed by atoms with Crippen molar-refractivity contribution in [2.45, 2.75) is 0 Å². The first kappa shape index (κ1) is 14.3. The summed E-state index contributed by atoms with van der Waals surface area (Å²) < 4.78 is 19.6. The number of para-hydroxylation sites is 1. The van der Waals surface area contributed by atoms with Crippen LogP contribution in [0.25, 0.3) is 0 Å². The number of aldehydes is 1. The fourth-order valence-electron chi connectivity index (χ4n) is 1.42. The van der Waals surface area contributed by atoms with Crippen molar-refractivity contribution < 1.29 is 13.9 Å². The second kappa shape index (κ2) is 5.90. The average molecular weight is 364 g/mol. The van der Waals surface area contributed by atoms with Crippen LogP contribution in [-0.2, 0) is 0 Å². The predicted octanol–water partition coefficient (Wildman–Crippen LogP) is 5.50. The number of ether oxygens (including phenoxy) is 1. The molecule has 0 amide bonds. The molecular weight excluding hydrogens is 358 g/mol. The highest BCUT2D eigenvalue weighted by Crippen LogP contribution is 2.37. The van der Waals surface area contributed by atoms with E-state index in [2.05, 4.69) is 15.9 Å². The van der Waals surface area contributed by atoms with Crippen LogP contribution in [0, 0.1) is 5.82 Å². The van der Waals surface area contributed by atoms with Gasteiger partial charge >= 0.3 is 0 Å². The van der Waals surface area contributed by atoms with Gasteiger partial charge in [-0.05, 0) is 34.1 Å². The minimum absolute atomic E-state index is 0.0927. The summed E-state index contributed by atoms with van der Waals surface area (Å²) in [6, 6.07) is 7.02. The molecule has 98 valence electrons. The number of halogens is 4. The van der Waals surface area contributed by atoms with Gasteiger partial charge in [-0.15, -0.1) is 0 Å². The largest absolute Gasteiger partial charge is 0.452 e. The molecule has 2 nitrogen and oxygen atoms in total. The Bertz CT molecular complexity index is 647. The zero-order chi connectivity index (χ0) is 14.0. The number of hydrogen-bond donors (Lipinski definition) is 0. The molecule has 2 rings (SSSR count). The second-order valence-corrected chi connectivity index (χ2v) is 5.24. The Labute approximate surface area is 127 Å². The summed E-state index contributed by atoms with van der Waals surface area (Å²) in [6.45, 7) is 0. The van der Waals surface area contributed by atoms with Gasteiger partial charge in [-0.25, -0.2) is 4.39 Å².